The zero-order valence-electron chi connectivity index (χ0n) is 17.2. The molecule has 1 N–H and O–H groups in total. The molecule has 150 valence electrons. The van der Waals surface area contributed by atoms with E-state index in [2.05, 4.69) is 49.5 Å². The zero-order valence-corrected chi connectivity index (χ0v) is 17.2. The monoisotopic (exact) mass is 389 g/mol. The Hall–Kier alpha value is -3.18. The van der Waals surface area contributed by atoms with Gasteiger partial charge in [-0.25, -0.2) is 0 Å². The molecule has 5 heteroatoms. The van der Waals surface area contributed by atoms with E-state index in [1.165, 1.54) is 16.7 Å². The minimum Gasteiger partial charge on any atom is -0.383 e. The molecule has 0 bridgehead atoms. The topological polar surface area (TPSA) is 56.1 Å². The van der Waals surface area contributed by atoms with Crippen LogP contribution in [0.15, 0.2) is 60.8 Å². The second kappa shape index (κ2) is 9.85. The van der Waals surface area contributed by atoms with Crippen molar-refractivity contribution >= 4 is 12.0 Å². The van der Waals surface area contributed by atoms with Crippen LogP contribution in [-0.4, -0.2) is 35.9 Å². The number of aromatic nitrogens is 2. The molecule has 0 unspecified atom stereocenters. The van der Waals surface area contributed by atoms with Crippen LogP contribution in [0, 0.1) is 13.8 Å². The number of carbonyl (C=O) groups is 1. The summed E-state index contributed by atoms with van der Waals surface area (Å²) >= 11 is 0. The molecule has 1 aromatic heterocycles. The van der Waals surface area contributed by atoms with Crippen LogP contribution in [0.1, 0.15) is 22.3 Å². The summed E-state index contributed by atoms with van der Waals surface area (Å²) in [5.74, 6) is -0.149. The molecule has 3 rings (SSSR count). The highest BCUT2D eigenvalue weighted by Crippen LogP contribution is 2.25. The third-order valence-electron chi connectivity index (χ3n) is 4.78. The Balaban J connectivity index is 1.89. The fourth-order valence-corrected chi connectivity index (χ4v) is 3.02. The predicted molar refractivity (Wildman–Crippen MR) is 117 cm³/mol. The normalized spacial score (nSPS) is 11.1. The quantitative estimate of drug-likeness (QED) is 0.468. The first-order chi connectivity index (χ1) is 14.1. The molecule has 29 heavy (non-hydrogen) atoms. The number of benzene rings is 2. The van der Waals surface area contributed by atoms with Crippen LogP contribution >= 0.6 is 0 Å². The van der Waals surface area contributed by atoms with Crippen molar-refractivity contribution in [1.29, 1.82) is 0 Å². The first-order valence-corrected chi connectivity index (χ1v) is 9.70. The molecule has 0 aliphatic heterocycles. The van der Waals surface area contributed by atoms with Crippen LogP contribution in [0.4, 0.5) is 0 Å². The van der Waals surface area contributed by atoms with Gasteiger partial charge in [-0.1, -0.05) is 42.5 Å². The molecule has 2 aromatic carbocycles. The fourth-order valence-electron chi connectivity index (χ4n) is 3.02. The van der Waals surface area contributed by atoms with Gasteiger partial charge in [-0.05, 0) is 42.7 Å². The summed E-state index contributed by atoms with van der Waals surface area (Å²) in [6.07, 6.45) is 5.35. The van der Waals surface area contributed by atoms with Gasteiger partial charge in [0.05, 0.1) is 18.8 Å². The van der Waals surface area contributed by atoms with E-state index in [1.807, 2.05) is 35.2 Å². The van der Waals surface area contributed by atoms with Gasteiger partial charge in [-0.2, -0.15) is 5.10 Å². The molecule has 0 aliphatic carbocycles. The molecule has 3 aromatic rings. The third-order valence-corrected chi connectivity index (χ3v) is 4.78. The fraction of sp³-hybridized carbons (Fsp3) is 0.250. The lowest BCUT2D eigenvalue weighted by atomic mass is 10.0. The van der Waals surface area contributed by atoms with Gasteiger partial charge in [0, 0.05) is 37.1 Å². The molecule has 0 fully saturated rings. The molecule has 0 aliphatic rings. The average molecular weight is 389 g/mol. The van der Waals surface area contributed by atoms with Gasteiger partial charge in [-0.3, -0.25) is 9.48 Å². The van der Waals surface area contributed by atoms with Crippen LogP contribution < -0.4 is 5.32 Å². The largest absolute Gasteiger partial charge is 0.383 e. The highest BCUT2D eigenvalue weighted by atomic mass is 16.5. The summed E-state index contributed by atoms with van der Waals surface area (Å²) in [6, 6.07) is 16.5. The number of ether oxygens (including phenoxy) is 1. The van der Waals surface area contributed by atoms with Crippen LogP contribution in [0.5, 0.6) is 0 Å². The SMILES string of the molecule is COCCNC(=O)/C=C/c1cn(Cc2ccccc2)nc1-c1ccc(C)c(C)c1. The number of nitrogens with zero attached hydrogens (tertiary/aromatic N) is 2. The van der Waals surface area contributed by atoms with Gasteiger partial charge in [0.15, 0.2) is 0 Å². The molecule has 0 spiro atoms. The molecular formula is C24H27N3O2. The number of hydrogen-bond donors (Lipinski definition) is 1. The number of nitrogens with one attached hydrogen (secondary N) is 1. The first kappa shape index (κ1) is 20.6. The number of amides is 1. The van der Waals surface area contributed by atoms with Crippen LogP contribution in [-0.2, 0) is 16.1 Å². The minimum absolute atomic E-state index is 0.149. The van der Waals surface area contributed by atoms with Gasteiger partial charge >= 0.3 is 0 Å². The highest BCUT2D eigenvalue weighted by Gasteiger charge is 2.11. The van der Waals surface area contributed by atoms with Crippen molar-refractivity contribution in [3.05, 3.63) is 83.1 Å². The Kier molecular flexibility index (Phi) is 6.98. The van der Waals surface area contributed by atoms with Gasteiger partial charge < -0.3 is 10.1 Å². The lowest BCUT2D eigenvalue weighted by molar-refractivity contribution is -0.116. The van der Waals surface area contributed by atoms with Crippen molar-refractivity contribution in [2.75, 3.05) is 20.3 Å². The van der Waals surface area contributed by atoms with Crippen molar-refractivity contribution in [1.82, 2.24) is 15.1 Å². The minimum atomic E-state index is -0.149. The maximum Gasteiger partial charge on any atom is 0.244 e. The number of aryl methyl sites for hydroxylation is 2. The first-order valence-electron chi connectivity index (χ1n) is 9.70. The summed E-state index contributed by atoms with van der Waals surface area (Å²) in [4.78, 5) is 12.1. The molecule has 1 amide bonds. The molecule has 0 radical (unpaired) electrons. The number of methoxy groups -OCH3 is 1. The van der Waals surface area contributed by atoms with Crippen molar-refractivity contribution in [3.8, 4) is 11.3 Å². The zero-order chi connectivity index (χ0) is 20.6. The number of carbonyl (C=O) groups excluding carboxylic acids is 1. The highest BCUT2D eigenvalue weighted by molar-refractivity contribution is 5.92. The Morgan fingerprint density at radius 2 is 1.93 bits per heavy atom. The predicted octanol–water partition coefficient (Wildman–Crippen LogP) is 3.99. The standard InChI is InChI=1S/C24H27N3O2/c1-18-9-10-21(15-19(18)2)24-22(11-12-23(28)25-13-14-29-3)17-27(26-24)16-20-7-5-4-6-8-20/h4-12,15,17H,13-14,16H2,1-3H3,(H,25,28)/b12-11+. The molecule has 0 saturated heterocycles. The van der Waals surface area contributed by atoms with Crippen molar-refractivity contribution in [3.63, 3.8) is 0 Å². The molecule has 0 atom stereocenters. The van der Waals surface area contributed by atoms with E-state index in [-0.39, 0.29) is 5.91 Å². The molecular weight excluding hydrogens is 362 g/mol. The summed E-state index contributed by atoms with van der Waals surface area (Å²) in [5.41, 5.74) is 6.45. The van der Waals surface area contributed by atoms with Gasteiger partial charge in [0.1, 0.15) is 0 Å². The Morgan fingerprint density at radius 3 is 2.66 bits per heavy atom. The molecule has 1 heterocycles. The molecule has 0 saturated carbocycles. The third kappa shape index (κ3) is 5.65. The smallest absolute Gasteiger partial charge is 0.244 e. The second-order valence-electron chi connectivity index (χ2n) is 7.03. The average Bonchev–Trinajstić information content (AvgIpc) is 3.12. The van der Waals surface area contributed by atoms with E-state index in [9.17, 15) is 4.79 Å². The second-order valence-corrected chi connectivity index (χ2v) is 7.03. The van der Waals surface area contributed by atoms with E-state index in [4.69, 9.17) is 9.84 Å². The summed E-state index contributed by atoms with van der Waals surface area (Å²) in [5, 5.41) is 7.61. The van der Waals surface area contributed by atoms with Gasteiger partial charge in [-0.15, -0.1) is 0 Å². The molecule has 5 nitrogen and oxygen atoms in total. The van der Waals surface area contributed by atoms with Crippen LogP contribution in [0.2, 0.25) is 0 Å². The van der Waals surface area contributed by atoms with Crippen molar-refractivity contribution in [2.24, 2.45) is 0 Å². The number of hydrogen-bond acceptors (Lipinski definition) is 3. The maximum atomic E-state index is 12.1. The summed E-state index contributed by atoms with van der Waals surface area (Å²) in [6.45, 7) is 5.84. The van der Waals surface area contributed by atoms with Crippen LogP contribution in [0.25, 0.3) is 17.3 Å². The van der Waals surface area contributed by atoms with E-state index in [1.54, 1.807) is 13.2 Å². The van der Waals surface area contributed by atoms with E-state index < -0.39 is 0 Å². The lowest BCUT2D eigenvalue weighted by Crippen LogP contribution is -2.24. The maximum absolute atomic E-state index is 12.1. The lowest BCUT2D eigenvalue weighted by Gasteiger charge is -2.04. The van der Waals surface area contributed by atoms with E-state index in [0.29, 0.717) is 19.7 Å². The summed E-state index contributed by atoms with van der Waals surface area (Å²) in [7, 11) is 1.61. The summed E-state index contributed by atoms with van der Waals surface area (Å²) < 4.78 is 6.88. The van der Waals surface area contributed by atoms with E-state index in [0.717, 1.165) is 16.8 Å². The number of rotatable bonds is 8. The van der Waals surface area contributed by atoms with Gasteiger partial charge in [0.25, 0.3) is 0 Å². The van der Waals surface area contributed by atoms with Gasteiger partial charge in [0.2, 0.25) is 5.91 Å². The Morgan fingerprint density at radius 1 is 1.14 bits per heavy atom. The Labute approximate surface area is 172 Å². The van der Waals surface area contributed by atoms with Crippen LogP contribution in [0.3, 0.4) is 0 Å². The van der Waals surface area contributed by atoms with Crippen molar-refractivity contribution in [2.45, 2.75) is 20.4 Å². The van der Waals surface area contributed by atoms with Crippen molar-refractivity contribution < 1.29 is 9.53 Å². The van der Waals surface area contributed by atoms with E-state index >= 15 is 0 Å². The Bertz CT molecular complexity index is 991.